The second kappa shape index (κ2) is 5.92. The monoisotopic (exact) mass is 244 g/mol. The van der Waals surface area contributed by atoms with Crippen LogP contribution in [0.25, 0.3) is 0 Å². The molecule has 1 fully saturated rings. The molecule has 1 rings (SSSR count). The largest absolute Gasteiger partial charge is 0.480 e. The molecule has 0 radical (unpaired) electrons. The first-order valence-corrected chi connectivity index (χ1v) is 5.30. The topological polar surface area (TPSA) is 125 Å². The number of hydrogen-bond acceptors (Lipinski definition) is 3. The maximum Gasteiger partial charge on any atom is 0.323 e. The Labute approximate surface area is 98.1 Å². The minimum atomic E-state index is -1.04. The summed E-state index contributed by atoms with van der Waals surface area (Å²) >= 11 is 0. The van der Waals surface area contributed by atoms with Crippen LogP contribution in [0.2, 0.25) is 0 Å². The van der Waals surface area contributed by atoms with Crippen LogP contribution >= 0.6 is 0 Å². The smallest absolute Gasteiger partial charge is 0.323 e. The summed E-state index contributed by atoms with van der Waals surface area (Å²) in [5.41, 5.74) is 4.84. The molecule has 0 aliphatic heterocycles. The van der Waals surface area contributed by atoms with E-state index in [1.165, 1.54) is 4.90 Å². The molecule has 0 heterocycles. The molecular formula is C9H16N4O4. The van der Waals surface area contributed by atoms with Gasteiger partial charge in [-0.05, 0) is 12.8 Å². The van der Waals surface area contributed by atoms with E-state index in [2.05, 4.69) is 10.6 Å². The number of amides is 4. The molecule has 4 amide bonds. The van der Waals surface area contributed by atoms with E-state index in [4.69, 9.17) is 10.8 Å². The lowest BCUT2D eigenvalue weighted by molar-refractivity contribution is -0.137. The SMILES string of the molecule is NC(=O)NCCNC(=O)N(CC(=O)O)C1CC1. The fourth-order valence-electron chi connectivity index (χ4n) is 1.36. The molecule has 0 atom stereocenters. The molecule has 8 nitrogen and oxygen atoms in total. The Kier molecular flexibility index (Phi) is 4.56. The predicted molar refractivity (Wildman–Crippen MR) is 58.3 cm³/mol. The van der Waals surface area contributed by atoms with Gasteiger partial charge < -0.3 is 26.4 Å². The molecule has 1 aliphatic rings. The van der Waals surface area contributed by atoms with Gasteiger partial charge in [0.1, 0.15) is 6.54 Å². The maximum atomic E-state index is 11.6. The third kappa shape index (κ3) is 5.05. The van der Waals surface area contributed by atoms with E-state index in [0.29, 0.717) is 0 Å². The summed E-state index contributed by atoms with van der Waals surface area (Å²) in [6, 6.07) is -1.07. The number of rotatable bonds is 6. The fourth-order valence-corrected chi connectivity index (χ4v) is 1.36. The van der Waals surface area contributed by atoms with Gasteiger partial charge in [-0.15, -0.1) is 0 Å². The Morgan fingerprint density at radius 1 is 1.24 bits per heavy atom. The van der Waals surface area contributed by atoms with Crippen molar-refractivity contribution in [1.82, 2.24) is 15.5 Å². The number of nitrogens with one attached hydrogen (secondary N) is 2. The molecule has 0 aromatic heterocycles. The molecular weight excluding hydrogens is 228 g/mol. The highest BCUT2D eigenvalue weighted by molar-refractivity contribution is 5.80. The summed E-state index contributed by atoms with van der Waals surface area (Å²) in [5, 5.41) is 13.5. The second-order valence-corrected chi connectivity index (χ2v) is 3.78. The minimum Gasteiger partial charge on any atom is -0.480 e. The third-order valence-corrected chi connectivity index (χ3v) is 2.25. The first kappa shape index (κ1) is 13.1. The number of aliphatic carboxylic acids is 1. The van der Waals surface area contributed by atoms with Crippen molar-refractivity contribution >= 4 is 18.0 Å². The van der Waals surface area contributed by atoms with Crippen LogP contribution in [0.3, 0.4) is 0 Å². The van der Waals surface area contributed by atoms with E-state index < -0.39 is 18.0 Å². The van der Waals surface area contributed by atoms with E-state index in [1.54, 1.807) is 0 Å². The van der Waals surface area contributed by atoms with Crippen LogP contribution in [0.5, 0.6) is 0 Å². The van der Waals surface area contributed by atoms with E-state index in [-0.39, 0.29) is 25.7 Å². The Morgan fingerprint density at radius 2 is 1.82 bits per heavy atom. The van der Waals surface area contributed by atoms with Crippen LogP contribution in [0.4, 0.5) is 9.59 Å². The molecule has 96 valence electrons. The van der Waals surface area contributed by atoms with Crippen LogP contribution in [0.15, 0.2) is 0 Å². The van der Waals surface area contributed by atoms with Crippen molar-refractivity contribution in [2.75, 3.05) is 19.6 Å². The molecule has 5 N–H and O–H groups in total. The van der Waals surface area contributed by atoms with Crippen LogP contribution in [0.1, 0.15) is 12.8 Å². The van der Waals surface area contributed by atoms with E-state index in [1.807, 2.05) is 0 Å². The lowest BCUT2D eigenvalue weighted by Gasteiger charge is -2.20. The summed E-state index contributed by atoms with van der Waals surface area (Å²) in [4.78, 5) is 33.8. The zero-order valence-corrected chi connectivity index (χ0v) is 9.31. The second-order valence-electron chi connectivity index (χ2n) is 3.78. The lowest BCUT2D eigenvalue weighted by atomic mass is 10.5. The molecule has 17 heavy (non-hydrogen) atoms. The fraction of sp³-hybridized carbons (Fsp3) is 0.667. The highest BCUT2D eigenvalue weighted by Crippen LogP contribution is 2.26. The summed E-state index contributed by atoms with van der Waals surface area (Å²) in [6.07, 6.45) is 1.67. The lowest BCUT2D eigenvalue weighted by Crippen LogP contribution is -2.46. The van der Waals surface area contributed by atoms with Gasteiger partial charge in [-0.1, -0.05) is 0 Å². The van der Waals surface area contributed by atoms with Crippen molar-refractivity contribution < 1.29 is 19.5 Å². The number of urea groups is 2. The quantitative estimate of drug-likeness (QED) is 0.443. The molecule has 0 bridgehead atoms. The summed E-state index contributed by atoms with van der Waals surface area (Å²) < 4.78 is 0. The van der Waals surface area contributed by atoms with Gasteiger partial charge in [0.25, 0.3) is 0 Å². The molecule has 1 aliphatic carbocycles. The number of hydrogen-bond donors (Lipinski definition) is 4. The molecule has 0 spiro atoms. The number of carboxylic acid groups (broad SMARTS) is 1. The van der Waals surface area contributed by atoms with Gasteiger partial charge in [0.2, 0.25) is 0 Å². The average molecular weight is 244 g/mol. The van der Waals surface area contributed by atoms with Gasteiger partial charge in [-0.25, -0.2) is 9.59 Å². The first-order valence-electron chi connectivity index (χ1n) is 5.30. The first-order chi connectivity index (χ1) is 8.00. The highest BCUT2D eigenvalue weighted by Gasteiger charge is 2.33. The Hall–Kier alpha value is -1.99. The summed E-state index contributed by atoms with van der Waals surface area (Å²) in [6.45, 7) is 0.122. The normalized spacial score (nSPS) is 13.9. The van der Waals surface area contributed by atoms with Crippen molar-refractivity contribution in [1.29, 1.82) is 0 Å². The van der Waals surface area contributed by atoms with Crippen molar-refractivity contribution in [2.24, 2.45) is 5.73 Å². The molecule has 8 heteroatoms. The standard InChI is InChI=1S/C9H16N4O4/c10-8(16)11-3-4-12-9(17)13(5-7(14)15)6-1-2-6/h6H,1-5H2,(H,12,17)(H,14,15)(H3,10,11,16). The van der Waals surface area contributed by atoms with Crippen molar-refractivity contribution in [3.8, 4) is 0 Å². The third-order valence-electron chi connectivity index (χ3n) is 2.25. The molecule has 0 aromatic carbocycles. The van der Waals surface area contributed by atoms with E-state index >= 15 is 0 Å². The Morgan fingerprint density at radius 3 is 2.29 bits per heavy atom. The van der Waals surface area contributed by atoms with E-state index in [9.17, 15) is 14.4 Å². The Balaban J connectivity index is 2.27. The molecule has 0 aromatic rings. The average Bonchev–Trinajstić information content (AvgIpc) is 3.03. The van der Waals surface area contributed by atoms with Crippen molar-refractivity contribution in [2.45, 2.75) is 18.9 Å². The maximum absolute atomic E-state index is 11.6. The number of carbonyl (C=O) groups excluding carboxylic acids is 2. The summed E-state index contributed by atoms with van der Waals surface area (Å²) in [7, 11) is 0. The molecule has 0 saturated heterocycles. The zero-order chi connectivity index (χ0) is 12.8. The number of carbonyl (C=O) groups is 3. The van der Waals surface area contributed by atoms with Crippen LogP contribution < -0.4 is 16.4 Å². The summed E-state index contributed by atoms with van der Waals surface area (Å²) in [5.74, 6) is -1.04. The number of carboxylic acids is 1. The van der Waals surface area contributed by atoms with Crippen LogP contribution in [-0.2, 0) is 4.79 Å². The van der Waals surface area contributed by atoms with Gasteiger partial charge in [0.15, 0.2) is 0 Å². The number of nitrogens with zero attached hydrogens (tertiary/aromatic N) is 1. The highest BCUT2D eigenvalue weighted by atomic mass is 16.4. The van der Waals surface area contributed by atoms with Gasteiger partial charge in [0, 0.05) is 19.1 Å². The van der Waals surface area contributed by atoms with Crippen molar-refractivity contribution in [3.05, 3.63) is 0 Å². The van der Waals surface area contributed by atoms with E-state index in [0.717, 1.165) is 12.8 Å². The molecule has 0 unspecified atom stereocenters. The molecule has 1 saturated carbocycles. The minimum absolute atomic E-state index is 0.0233. The van der Waals surface area contributed by atoms with Crippen LogP contribution in [-0.4, -0.2) is 53.7 Å². The van der Waals surface area contributed by atoms with Gasteiger partial charge in [-0.3, -0.25) is 4.79 Å². The zero-order valence-electron chi connectivity index (χ0n) is 9.31. The van der Waals surface area contributed by atoms with Crippen molar-refractivity contribution in [3.63, 3.8) is 0 Å². The predicted octanol–water partition coefficient (Wildman–Crippen LogP) is -1.09. The van der Waals surface area contributed by atoms with Crippen LogP contribution in [0, 0.1) is 0 Å². The Bertz CT molecular complexity index is 316. The number of nitrogens with two attached hydrogens (primary N) is 1. The number of primary amides is 1. The van der Waals surface area contributed by atoms with Gasteiger partial charge in [-0.2, -0.15) is 0 Å². The van der Waals surface area contributed by atoms with Gasteiger partial charge in [0.05, 0.1) is 0 Å². The van der Waals surface area contributed by atoms with Gasteiger partial charge >= 0.3 is 18.0 Å².